The second-order valence-electron chi connectivity index (χ2n) is 19.8. The van der Waals surface area contributed by atoms with E-state index in [4.69, 9.17) is 37.4 Å². The van der Waals surface area contributed by atoms with Gasteiger partial charge in [0, 0.05) is 39.0 Å². The summed E-state index contributed by atoms with van der Waals surface area (Å²) in [4.78, 5) is 37.8. The molecule has 306 valence electrons. The number of Topliss-reactive ketones (excluding diaryl/α,β-unsaturated/α-hetero) is 1. The van der Waals surface area contributed by atoms with Crippen LogP contribution in [0.5, 0.6) is 0 Å². The third-order valence-corrected chi connectivity index (χ3v) is 11.2. The smallest absolute Gasteiger partial charge is 0.444 e. The number of carbonyl (C=O) groups is 3. The zero-order chi connectivity index (χ0) is 41.5. The highest BCUT2D eigenvalue weighted by Crippen LogP contribution is 2.43. The van der Waals surface area contributed by atoms with Crippen molar-refractivity contribution in [3.8, 4) is 0 Å². The van der Waals surface area contributed by atoms with E-state index < -0.39 is 25.2 Å². The minimum absolute atomic E-state index is 0.227. The lowest BCUT2D eigenvalue weighted by Crippen LogP contribution is -2.41. The molecule has 13 nitrogen and oxygen atoms in total. The average Bonchev–Trinajstić information content (AvgIpc) is 3.45. The van der Waals surface area contributed by atoms with Gasteiger partial charge >= 0.3 is 33.3 Å². The van der Waals surface area contributed by atoms with Crippen LogP contribution in [0, 0.1) is 0 Å². The number of nitrogens with zero attached hydrogens (tertiary/aromatic N) is 2. The Bertz CT molecular complexity index is 1310. The number of likely N-dealkylation sites (tertiary alicyclic amines) is 1. The minimum Gasteiger partial charge on any atom is -0.444 e. The summed E-state index contributed by atoms with van der Waals surface area (Å²) in [6, 6.07) is 0. The first-order valence-electron chi connectivity index (χ1n) is 19.4. The standard InChI is InChI=1S/C16H28BNO4.C12H24B2O4.C10H17NO3/c1-14(2,3)20-13(19)18-10-8-12(9-11-18)17-21-15(4,5)16(6,7)22-17;1-9(2)10(3,4)16-13(15-9)14-17-11(5,6)12(7,8)18-14;1-10(2,3)14-9(13)11-6-4-8(12)5-7-11/h8H,9-11H2,1-7H3;1-8H3;4-7H2,1-3H3. The molecule has 0 unspecified atom stereocenters. The van der Waals surface area contributed by atoms with Gasteiger partial charge in [-0.2, -0.15) is 0 Å². The van der Waals surface area contributed by atoms with Crippen LogP contribution >= 0.6 is 0 Å². The zero-order valence-corrected chi connectivity index (χ0v) is 36.6. The number of ketones is 1. The monoisotopic (exact) mass is 763 g/mol. The molecular formula is C38H69B3N2O11. The summed E-state index contributed by atoms with van der Waals surface area (Å²) in [5.41, 5.74) is -1.92. The maximum Gasteiger partial charge on any atom is 0.490 e. The second kappa shape index (κ2) is 16.0. The molecule has 0 bridgehead atoms. The molecule has 16 heteroatoms. The molecule has 4 fully saturated rings. The molecule has 0 aromatic heterocycles. The Kier molecular flexibility index (Phi) is 13.7. The fourth-order valence-corrected chi connectivity index (χ4v) is 5.65. The highest BCUT2D eigenvalue weighted by Gasteiger charge is 2.63. The summed E-state index contributed by atoms with van der Waals surface area (Å²) in [5, 5.41) is 0. The molecule has 0 atom stereocenters. The van der Waals surface area contributed by atoms with Gasteiger partial charge in [0.25, 0.3) is 0 Å². The van der Waals surface area contributed by atoms with Gasteiger partial charge in [0.1, 0.15) is 17.0 Å². The Morgan fingerprint density at radius 3 is 1.19 bits per heavy atom. The first kappa shape index (κ1) is 46.3. The summed E-state index contributed by atoms with van der Waals surface area (Å²) < 4.78 is 46.5. The van der Waals surface area contributed by atoms with E-state index >= 15 is 0 Å². The van der Waals surface area contributed by atoms with E-state index in [0.717, 1.165) is 11.9 Å². The summed E-state index contributed by atoms with van der Waals surface area (Å²) in [7, 11) is -1.27. The van der Waals surface area contributed by atoms with Gasteiger partial charge in [-0.15, -0.1) is 0 Å². The SMILES string of the molecule is CC(C)(C)OC(=O)N1CC=C(B2OC(C)(C)C(C)(C)O2)CC1.CC(C)(C)OC(=O)N1CCC(=O)CC1.CC1(C)OB(B2OC(C)(C)C(C)(C)O2)OC1(C)C. The Labute approximate surface area is 326 Å². The molecule has 5 heterocycles. The van der Waals surface area contributed by atoms with Gasteiger partial charge in [0.15, 0.2) is 0 Å². The van der Waals surface area contributed by atoms with Crippen LogP contribution in [0.15, 0.2) is 11.5 Å². The van der Waals surface area contributed by atoms with E-state index in [2.05, 4.69) is 0 Å². The zero-order valence-electron chi connectivity index (χ0n) is 36.6. The van der Waals surface area contributed by atoms with Crippen molar-refractivity contribution in [3.05, 3.63) is 11.5 Å². The van der Waals surface area contributed by atoms with E-state index in [1.807, 2.05) is 131 Å². The van der Waals surface area contributed by atoms with Crippen LogP contribution in [-0.4, -0.2) is 120 Å². The van der Waals surface area contributed by atoms with Gasteiger partial charge in [-0.25, -0.2) is 9.59 Å². The molecular weight excluding hydrogens is 693 g/mol. The molecule has 0 radical (unpaired) electrons. The molecule has 5 rings (SSSR count). The fourth-order valence-electron chi connectivity index (χ4n) is 5.65. The summed E-state index contributed by atoms with van der Waals surface area (Å²) in [6.07, 6.45) is 3.10. The van der Waals surface area contributed by atoms with E-state index in [1.54, 1.807) is 9.80 Å². The van der Waals surface area contributed by atoms with Crippen LogP contribution in [0.1, 0.15) is 144 Å². The minimum atomic E-state index is -0.476. The van der Waals surface area contributed by atoms with Crippen molar-refractivity contribution in [2.75, 3.05) is 26.2 Å². The van der Waals surface area contributed by atoms with Gasteiger partial charge in [0.05, 0.1) is 33.6 Å². The Balaban J connectivity index is 0.000000224. The van der Waals surface area contributed by atoms with Crippen LogP contribution in [0.4, 0.5) is 9.59 Å². The molecule has 5 aliphatic rings. The second-order valence-corrected chi connectivity index (χ2v) is 19.8. The Morgan fingerprint density at radius 2 is 0.870 bits per heavy atom. The number of hydrogen-bond acceptors (Lipinski definition) is 11. The van der Waals surface area contributed by atoms with Crippen molar-refractivity contribution in [1.82, 2.24) is 9.80 Å². The molecule has 0 aromatic carbocycles. The van der Waals surface area contributed by atoms with Crippen molar-refractivity contribution in [3.63, 3.8) is 0 Å². The number of piperidine rings is 1. The molecule has 0 aromatic rings. The van der Waals surface area contributed by atoms with E-state index in [0.29, 0.717) is 39.0 Å². The van der Waals surface area contributed by atoms with Crippen LogP contribution in [-0.2, 0) is 42.2 Å². The van der Waals surface area contributed by atoms with Gasteiger partial charge in [0.2, 0.25) is 0 Å². The first-order chi connectivity index (χ1) is 24.2. The van der Waals surface area contributed by atoms with Crippen LogP contribution in [0.25, 0.3) is 0 Å². The third kappa shape index (κ3) is 11.7. The lowest BCUT2D eigenvalue weighted by Gasteiger charge is -2.32. The highest BCUT2D eigenvalue weighted by molar-refractivity contribution is 7.11. The van der Waals surface area contributed by atoms with Gasteiger partial charge in [-0.3, -0.25) is 4.79 Å². The number of amides is 2. The van der Waals surface area contributed by atoms with Crippen molar-refractivity contribution in [1.29, 1.82) is 0 Å². The number of carbonyl (C=O) groups excluding carboxylic acids is 3. The van der Waals surface area contributed by atoms with Crippen LogP contribution < -0.4 is 0 Å². The molecule has 0 N–H and O–H groups in total. The Morgan fingerprint density at radius 1 is 0.556 bits per heavy atom. The van der Waals surface area contributed by atoms with Crippen molar-refractivity contribution in [2.45, 2.75) is 189 Å². The molecule has 0 aliphatic carbocycles. The van der Waals surface area contributed by atoms with Gasteiger partial charge in [-0.1, -0.05) is 6.08 Å². The lowest BCUT2D eigenvalue weighted by atomic mass is 9.49. The third-order valence-electron chi connectivity index (χ3n) is 11.2. The molecule has 0 saturated carbocycles. The number of ether oxygens (including phenoxy) is 2. The normalized spacial score (nSPS) is 25.3. The van der Waals surface area contributed by atoms with E-state index in [1.165, 1.54) is 0 Å². The summed E-state index contributed by atoms with van der Waals surface area (Å²) >= 11 is 0. The molecule has 2 amide bonds. The number of rotatable bonds is 2. The van der Waals surface area contributed by atoms with Crippen molar-refractivity contribution < 1.29 is 51.8 Å². The summed E-state index contributed by atoms with van der Waals surface area (Å²) in [6.45, 7) is 37.7. The van der Waals surface area contributed by atoms with E-state index in [-0.39, 0.29) is 58.7 Å². The maximum atomic E-state index is 12.1. The fraction of sp³-hybridized carbons (Fsp3) is 0.868. The van der Waals surface area contributed by atoms with Gasteiger partial charge < -0.3 is 47.2 Å². The predicted molar refractivity (Wildman–Crippen MR) is 211 cm³/mol. The van der Waals surface area contributed by atoms with Crippen molar-refractivity contribution in [2.24, 2.45) is 0 Å². The molecule has 4 saturated heterocycles. The van der Waals surface area contributed by atoms with Crippen LogP contribution in [0.2, 0.25) is 0 Å². The summed E-state index contributed by atoms with van der Waals surface area (Å²) in [5.74, 6) is 0.227. The topological polar surface area (TPSA) is 132 Å². The predicted octanol–water partition coefficient (Wildman–Crippen LogP) is 7.02. The van der Waals surface area contributed by atoms with Crippen LogP contribution in [0.3, 0.4) is 0 Å². The largest absolute Gasteiger partial charge is 0.490 e. The highest BCUT2D eigenvalue weighted by atomic mass is 16.7. The quantitative estimate of drug-likeness (QED) is 0.269. The molecule has 54 heavy (non-hydrogen) atoms. The first-order valence-corrected chi connectivity index (χ1v) is 19.4. The maximum absolute atomic E-state index is 12.1. The number of hydrogen-bond donors (Lipinski definition) is 0. The van der Waals surface area contributed by atoms with E-state index in [9.17, 15) is 14.4 Å². The average molecular weight is 762 g/mol. The van der Waals surface area contributed by atoms with Gasteiger partial charge in [-0.05, 0) is 137 Å². The van der Waals surface area contributed by atoms with Crippen molar-refractivity contribution >= 4 is 39.1 Å². The Hall–Kier alpha value is -2.10. The molecule has 5 aliphatic heterocycles. The molecule has 0 spiro atoms. The lowest BCUT2D eigenvalue weighted by molar-refractivity contribution is -0.121.